The summed E-state index contributed by atoms with van der Waals surface area (Å²) in [7, 11) is 0. The first-order chi connectivity index (χ1) is 59.4. The summed E-state index contributed by atoms with van der Waals surface area (Å²) in [4.78, 5) is 12.9. The molecule has 682 valence electrons. The van der Waals surface area contributed by atoms with E-state index in [0.717, 1.165) is 148 Å². The topological polar surface area (TPSA) is 24.7 Å². The molecular weight excluding hydrogens is 1450 g/mol. The molecule has 0 fully saturated rings. The van der Waals surface area contributed by atoms with Crippen LogP contribution in [0.3, 0.4) is 0 Å². The van der Waals surface area contributed by atoms with Crippen LogP contribution >= 0.6 is 0 Å². The molecule has 0 aliphatic carbocycles. The predicted octanol–water partition coefficient (Wildman–Crippen LogP) is 39.9. The van der Waals surface area contributed by atoms with Gasteiger partial charge in [-0.25, -0.2) is 0 Å². The van der Waals surface area contributed by atoms with E-state index in [2.05, 4.69) is 204 Å². The predicted molar refractivity (Wildman–Crippen MR) is 550 cm³/mol. The van der Waals surface area contributed by atoms with Gasteiger partial charge in [-0.15, -0.1) is 0 Å². The molecule has 0 aliphatic rings. The fourth-order valence-electron chi connectivity index (χ4n) is 17.5. The maximum atomic E-state index is 6.54. The molecular formula is C118H200N2. The summed E-state index contributed by atoms with van der Waals surface area (Å²) in [6, 6.07) is 0. The summed E-state index contributed by atoms with van der Waals surface area (Å²) in [6.45, 7) is 25.9. The average molecular weight is 1650 g/mol. The molecule has 0 unspecified atom stereocenters. The first-order valence-corrected chi connectivity index (χ1v) is 53.4. The molecule has 0 radical (unpaired) electrons. The van der Waals surface area contributed by atoms with Crippen LogP contribution in [0.4, 0.5) is 11.4 Å². The molecule has 2 rings (SSSR count). The highest BCUT2D eigenvalue weighted by atomic mass is 14.8. The summed E-state index contributed by atoms with van der Waals surface area (Å²) in [6.07, 6.45) is 142. The number of aliphatic imine (C=N–C) groups is 2. The number of allylic oxidation sites excluding steroid dienone is 20. The molecule has 0 bridgehead atoms. The van der Waals surface area contributed by atoms with Crippen molar-refractivity contribution in [3.05, 3.63) is 177 Å². The number of hydrogen-bond donors (Lipinski definition) is 0. The Morgan fingerprint density at radius 3 is 0.483 bits per heavy atom. The van der Waals surface area contributed by atoms with Gasteiger partial charge in [-0.1, -0.05) is 397 Å². The minimum atomic E-state index is 0.923. The van der Waals surface area contributed by atoms with E-state index in [0.29, 0.717) is 0 Å². The van der Waals surface area contributed by atoms with Crippen molar-refractivity contribution in [2.75, 3.05) is 0 Å². The van der Waals surface area contributed by atoms with Crippen molar-refractivity contribution < 1.29 is 0 Å². The zero-order chi connectivity index (χ0) is 86.4. The average Bonchev–Trinajstić information content (AvgIpc) is 0.770. The quantitative estimate of drug-likeness (QED) is 0.0358. The van der Waals surface area contributed by atoms with Gasteiger partial charge in [0.15, 0.2) is 0 Å². The van der Waals surface area contributed by atoms with Crippen LogP contribution in [0.2, 0.25) is 0 Å². The minimum absolute atomic E-state index is 0.923. The lowest BCUT2D eigenvalue weighted by Crippen LogP contribution is -2.12. The normalized spacial score (nSPS) is 12.7. The SMILES string of the molecule is CCCCCC/C=C/CCc1c(CC/C=C/CCCCCC)c(CC/C=C/CCCCCC)c(N=CC(CCCC)=Nc2c(CC/C=C/CCCCCC)c(CC/C=C/CCCCCC)c(CC/C=C/CCCCCC)c(CC/C=C/CCCCCC)c2CC/C=C/CCCCCC)c(CC/C=C/CCCCCC)c1CC/C=C/CCCCCC. The van der Waals surface area contributed by atoms with Crippen LogP contribution in [-0.4, -0.2) is 11.9 Å². The zero-order valence-electron chi connectivity index (χ0n) is 82.1. The number of benzene rings is 2. The lowest BCUT2D eigenvalue weighted by Gasteiger charge is -2.26. The summed E-state index contributed by atoms with van der Waals surface area (Å²) >= 11 is 0. The van der Waals surface area contributed by atoms with Crippen molar-refractivity contribution in [2.45, 2.75) is 545 Å². The number of unbranched alkanes of at least 4 members (excludes halogenated alkanes) is 41. The Labute approximate surface area is 750 Å². The minimum Gasteiger partial charge on any atom is -0.254 e. The van der Waals surface area contributed by atoms with E-state index in [9.17, 15) is 0 Å². The molecule has 0 aliphatic heterocycles. The van der Waals surface area contributed by atoms with Crippen LogP contribution in [0.25, 0.3) is 0 Å². The first kappa shape index (κ1) is 111. The standard InChI is InChI=1S/C118H200N2/c1-12-23-34-44-54-64-74-84-95-107-109(97-86-76-66-56-46-36-25-14-3)113(101-90-80-70-60-50-40-29-18-7)117(114(102-91-81-71-61-51-41-30-19-8)110(107)98-87-77-67-57-47-37-26-15-4)119-105-106(94-33-22-11)120-118-115(103-92-82-72-62-52-42-31-20-9)111(99-88-78-68-58-48-38-27-16-5)108(96-85-75-65-55-45-35-24-13-2)112(100-89-79-69-59-49-39-28-17-6)116(118)104-93-83-73-63-53-43-32-21-10/h64-83,105H,12-63,84-104H2,1-11H3/b74-64+,75-65+,76-66+,77-67+,78-68+,79-69+,80-70+,81-71+,82-72+,83-73+,119-105?,120-106?. The van der Waals surface area contributed by atoms with Gasteiger partial charge in [-0.05, 0) is 325 Å². The van der Waals surface area contributed by atoms with E-state index in [1.807, 2.05) is 0 Å². The molecule has 2 aromatic carbocycles. The molecule has 0 amide bonds. The monoisotopic (exact) mass is 1650 g/mol. The fraction of sp³-hybridized carbons (Fsp3) is 0.712. The van der Waals surface area contributed by atoms with Crippen LogP contribution in [0.1, 0.15) is 536 Å². The third kappa shape index (κ3) is 58.4. The van der Waals surface area contributed by atoms with Gasteiger partial charge in [0.2, 0.25) is 0 Å². The summed E-state index contributed by atoms with van der Waals surface area (Å²) < 4.78 is 0. The number of hydrogen-bond acceptors (Lipinski definition) is 2. The van der Waals surface area contributed by atoms with Gasteiger partial charge in [0.1, 0.15) is 0 Å². The Bertz CT molecular complexity index is 2890. The van der Waals surface area contributed by atoms with Crippen molar-refractivity contribution >= 4 is 23.3 Å². The van der Waals surface area contributed by atoms with Gasteiger partial charge in [-0.3, -0.25) is 9.98 Å². The van der Waals surface area contributed by atoms with Crippen molar-refractivity contribution in [2.24, 2.45) is 9.98 Å². The van der Waals surface area contributed by atoms with Crippen molar-refractivity contribution in [1.82, 2.24) is 0 Å². The third-order valence-corrected chi connectivity index (χ3v) is 25.0. The van der Waals surface area contributed by atoms with Gasteiger partial charge in [0, 0.05) is 6.21 Å². The lowest BCUT2D eigenvalue weighted by atomic mass is 9.81. The molecule has 0 saturated heterocycles. The molecule has 0 saturated carbocycles. The van der Waals surface area contributed by atoms with Gasteiger partial charge in [0.05, 0.1) is 17.1 Å². The Morgan fingerprint density at radius 2 is 0.308 bits per heavy atom. The second-order valence-corrected chi connectivity index (χ2v) is 36.0. The van der Waals surface area contributed by atoms with E-state index in [-0.39, 0.29) is 0 Å². The molecule has 0 spiro atoms. The second-order valence-electron chi connectivity index (χ2n) is 36.0. The largest absolute Gasteiger partial charge is 0.254 e. The molecule has 2 heteroatoms. The summed E-state index contributed by atoms with van der Waals surface area (Å²) in [5.74, 6) is 0. The molecule has 0 aromatic heterocycles. The molecule has 120 heavy (non-hydrogen) atoms. The second kappa shape index (κ2) is 86.3. The summed E-state index contributed by atoms with van der Waals surface area (Å²) in [5.41, 5.74) is 19.9. The van der Waals surface area contributed by atoms with E-state index >= 15 is 0 Å². The highest BCUT2D eigenvalue weighted by Gasteiger charge is 2.26. The van der Waals surface area contributed by atoms with Crippen molar-refractivity contribution in [1.29, 1.82) is 0 Å². The van der Waals surface area contributed by atoms with Crippen LogP contribution in [-0.2, 0) is 64.2 Å². The van der Waals surface area contributed by atoms with Gasteiger partial charge < -0.3 is 0 Å². The van der Waals surface area contributed by atoms with Gasteiger partial charge in [-0.2, -0.15) is 0 Å². The summed E-state index contributed by atoms with van der Waals surface area (Å²) in [5, 5.41) is 0. The zero-order valence-corrected chi connectivity index (χ0v) is 82.1. The van der Waals surface area contributed by atoms with Gasteiger partial charge >= 0.3 is 0 Å². The smallest absolute Gasteiger partial charge is 0.0703 e. The Morgan fingerprint density at radius 1 is 0.158 bits per heavy atom. The lowest BCUT2D eigenvalue weighted by molar-refractivity contribution is 0.673. The highest BCUT2D eigenvalue weighted by molar-refractivity contribution is 6.32. The first-order valence-electron chi connectivity index (χ1n) is 53.4. The molecule has 2 nitrogen and oxygen atoms in total. The number of nitrogens with zero attached hydrogens (tertiary/aromatic N) is 2. The van der Waals surface area contributed by atoms with E-state index in [4.69, 9.17) is 9.98 Å². The Balaban J connectivity index is 3.77. The van der Waals surface area contributed by atoms with Crippen molar-refractivity contribution in [3.63, 3.8) is 0 Å². The molecule has 2 aromatic rings. The van der Waals surface area contributed by atoms with Crippen LogP contribution in [0, 0.1) is 0 Å². The van der Waals surface area contributed by atoms with Crippen LogP contribution in [0.5, 0.6) is 0 Å². The molecule has 0 atom stereocenters. The van der Waals surface area contributed by atoms with E-state index in [1.54, 1.807) is 55.6 Å². The number of rotatable bonds is 86. The van der Waals surface area contributed by atoms with E-state index in [1.165, 1.54) is 338 Å². The maximum absolute atomic E-state index is 6.54. The van der Waals surface area contributed by atoms with Crippen molar-refractivity contribution in [3.8, 4) is 0 Å². The fourth-order valence-corrected chi connectivity index (χ4v) is 17.5. The molecule has 0 heterocycles. The highest BCUT2D eigenvalue weighted by Crippen LogP contribution is 2.42. The maximum Gasteiger partial charge on any atom is 0.0703 e. The third-order valence-electron chi connectivity index (χ3n) is 25.0. The Kier molecular flexibility index (Phi) is 80.0. The Hall–Kier alpha value is -4.82. The van der Waals surface area contributed by atoms with Crippen LogP contribution < -0.4 is 0 Å². The van der Waals surface area contributed by atoms with Crippen LogP contribution in [0.15, 0.2) is 132 Å². The van der Waals surface area contributed by atoms with Gasteiger partial charge in [0.25, 0.3) is 0 Å². The molecule has 0 N–H and O–H groups in total. The van der Waals surface area contributed by atoms with E-state index < -0.39 is 0 Å².